The Hall–Kier alpha value is -3.38. The van der Waals surface area contributed by atoms with E-state index in [9.17, 15) is 4.79 Å². The maximum Gasteiger partial charge on any atom is 0.234 e. The maximum absolute atomic E-state index is 12.8. The maximum atomic E-state index is 12.8. The molecule has 1 N–H and O–H groups in total. The Morgan fingerprint density at radius 3 is 2.50 bits per heavy atom. The fourth-order valence-corrected chi connectivity index (χ4v) is 4.39. The van der Waals surface area contributed by atoms with E-state index >= 15 is 0 Å². The Morgan fingerprint density at radius 2 is 1.69 bits per heavy atom. The van der Waals surface area contributed by atoms with Crippen LogP contribution in [0.4, 0.5) is 5.69 Å². The minimum absolute atomic E-state index is 0.0660. The van der Waals surface area contributed by atoms with Crippen LogP contribution in [0.15, 0.2) is 78.0 Å². The number of benzene rings is 3. The van der Waals surface area contributed by atoms with E-state index < -0.39 is 0 Å². The normalized spacial score (nSPS) is 10.8. The van der Waals surface area contributed by atoms with Crippen LogP contribution in [0, 0.1) is 20.8 Å². The van der Waals surface area contributed by atoms with Crippen molar-refractivity contribution in [3.8, 4) is 5.69 Å². The molecule has 4 rings (SSSR count). The number of nitrogens with zero attached hydrogens (tertiary/aromatic N) is 3. The summed E-state index contributed by atoms with van der Waals surface area (Å²) in [6.07, 6.45) is 0.768. The van der Waals surface area contributed by atoms with Gasteiger partial charge in [-0.1, -0.05) is 72.4 Å². The third-order valence-corrected chi connectivity index (χ3v) is 6.19. The van der Waals surface area contributed by atoms with E-state index in [0.29, 0.717) is 5.16 Å². The van der Waals surface area contributed by atoms with Crippen molar-refractivity contribution < 1.29 is 4.79 Å². The van der Waals surface area contributed by atoms with Crippen LogP contribution < -0.4 is 5.32 Å². The lowest BCUT2D eigenvalue weighted by atomic mass is 10.0. The first-order valence-electron chi connectivity index (χ1n) is 10.6. The van der Waals surface area contributed by atoms with Crippen molar-refractivity contribution in [1.29, 1.82) is 0 Å². The number of anilines is 1. The summed E-state index contributed by atoms with van der Waals surface area (Å²) in [4.78, 5) is 12.8. The molecule has 0 saturated heterocycles. The SMILES string of the molecule is Cc1ccc(C)c(-n2c(C)nnc2SCC(=O)Nc2ccccc2Cc2ccccc2)c1. The Kier molecular flexibility index (Phi) is 6.71. The van der Waals surface area contributed by atoms with Gasteiger partial charge in [0.15, 0.2) is 5.16 Å². The summed E-state index contributed by atoms with van der Waals surface area (Å²) in [5, 5.41) is 12.3. The van der Waals surface area contributed by atoms with Crippen molar-refractivity contribution in [3.05, 3.63) is 101 Å². The number of carbonyl (C=O) groups excluding carboxylic acids is 1. The van der Waals surface area contributed by atoms with Gasteiger partial charge in [-0.3, -0.25) is 9.36 Å². The molecule has 0 unspecified atom stereocenters. The van der Waals surface area contributed by atoms with E-state index in [4.69, 9.17) is 0 Å². The van der Waals surface area contributed by atoms with Gasteiger partial charge in [0.2, 0.25) is 5.91 Å². The molecule has 0 aliphatic heterocycles. The van der Waals surface area contributed by atoms with Gasteiger partial charge >= 0.3 is 0 Å². The molecule has 162 valence electrons. The molecule has 1 heterocycles. The molecule has 1 amide bonds. The van der Waals surface area contributed by atoms with Crippen LogP contribution in [0.1, 0.15) is 28.1 Å². The average molecular weight is 443 g/mol. The summed E-state index contributed by atoms with van der Waals surface area (Å²) in [5.41, 5.74) is 6.49. The summed E-state index contributed by atoms with van der Waals surface area (Å²) in [6.45, 7) is 6.06. The number of aryl methyl sites for hydroxylation is 3. The van der Waals surface area contributed by atoms with Crippen LogP contribution in [0.2, 0.25) is 0 Å². The van der Waals surface area contributed by atoms with Gasteiger partial charge in [-0.15, -0.1) is 10.2 Å². The van der Waals surface area contributed by atoms with Gasteiger partial charge in [-0.2, -0.15) is 0 Å². The quantitative estimate of drug-likeness (QED) is 0.383. The van der Waals surface area contributed by atoms with E-state index in [2.05, 4.69) is 65.8 Å². The number of hydrogen-bond donors (Lipinski definition) is 1. The lowest BCUT2D eigenvalue weighted by Crippen LogP contribution is -2.16. The van der Waals surface area contributed by atoms with Gasteiger partial charge in [0.1, 0.15) is 5.82 Å². The molecule has 0 atom stereocenters. The molecule has 0 fully saturated rings. The Labute approximate surface area is 192 Å². The number of amides is 1. The number of hydrogen-bond acceptors (Lipinski definition) is 4. The summed E-state index contributed by atoms with van der Waals surface area (Å²) in [6, 6.07) is 24.5. The Bertz CT molecular complexity index is 1230. The van der Waals surface area contributed by atoms with E-state index in [1.54, 1.807) is 0 Å². The fraction of sp³-hybridized carbons (Fsp3) is 0.192. The van der Waals surface area contributed by atoms with Gasteiger partial charge in [-0.05, 0) is 61.6 Å². The number of thioether (sulfide) groups is 1. The van der Waals surface area contributed by atoms with Crippen molar-refractivity contribution in [2.45, 2.75) is 32.3 Å². The van der Waals surface area contributed by atoms with Gasteiger partial charge in [0, 0.05) is 5.69 Å². The number of nitrogens with one attached hydrogen (secondary N) is 1. The second-order valence-corrected chi connectivity index (χ2v) is 8.75. The van der Waals surface area contributed by atoms with Crippen molar-refractivity contribution in [3.63, 3.8) is 0 Å². The molecule has 1 aromatic heterocycles. The minimum Gasteiger partial charge on any atom is -0.325 e. The number of para-hydroxylation sites is 1. The van der Waals surface area contributed by atoms with Crippen molar-refractivity contribution >= 4 is 23.4 Å². The molecule has 0 spiro atoms. The van der Waals surface area contributed by atoms with E-state index in [1.807, 2.05) is 47.9 Å². The van der Waals surface area contributed by atoms with Crippen LogP contribution in [0.25, 0.3) is 5.69 Å². The summed E-state index contributed by atoms with van der Waals surface area (Å²) in [7, 11) is 0. The smallest absolute Gasteiger partial charge is 0.234 e. The van der Waals surface area contributed by atoms with Crippen molar-refractivity contribution in [2.24, 2.45) is 0 Å². The van der Waals surface area contributed by atoms with Gasteiger partial charge < -0.3 is 5.32 Å². The van der Waals surface area contributed by atoms with Crippen molar-refractivity contribution in [2.75, 3.05) is 11.1 Å². The van der Waals surface area contributed by atoms with E-state index in [0.717, 1.165) is 34.7 Å². The number of rotatable bonds is 7. The third kappa shape index (κ3) is 5.08. The molecule has 4 aromatic rings. The highest BCUT2D eigenvalue weighted by atomic mass is 32.2. The summed E-state index contributed by atoms with van der Waals surface area (Å²) < 4.78 is 2.02. The zero-order valence-corrected chi connectivity index (χ0v) is 19.3. The second kappa shape index (κ2) is 9.83. The molecule has 5 nitrogen and oxygen atoms in total. The molecule has 6 heteroatoms. The summed E-state index contributed by atoms with van der Waals surface area (Å²) in [5.74, 6) is 0.987. The molecule has 0 aliphatic rings. The highest BCUT2D eigenvalue weighted by Crippen LogP contribution is 2.25. The second-order valence-electron chi connectivity index (χ2n) is 7.81. The molecule has 0 aliphatic carbocycles. The fourth-order valence-electron chi connectivity index (χ4n) is 3.60. The van der Waals surface area contributed by atoms with Crippen molar-refractivity contribution in [1.82, 2.24) is 14.8 Å². The lowest BCUT2D eigenvalue weighted by Gasteiger charge is -2.13. The van der Waals surface area contributed by atoms with Gasteiger partial charge in [0.25, 0.3) is 0 Å². The van der Waals surface area contributed by atoms with E-state index in [-0.39, 0.29) is 11.7 Å². The lowest BCUT2D eigenvalue weighted by molar-refractivity contribution is -0.113. The molecule has 3 aromatic carbocycles. The van der Waals surface area contributed by atoms with Gasteiger partial charge in [0.05, 0.1) is 11.4 Å². The van der Waals surface area contributed by atoms with Crippen LogP contribution in [-0.2, 0) is 11.2 Å². The largest absolute Gasteiger partial charge is 0.325 e. The molecule has 0 saturated carbocycles. The molecular formula is C26H26N4OS. The topological polar surface area (TPSA) is 59.8 Å². The first-order chi connectivity index (χ1) is 15.5. The predicted molar refractivity (Wildman–Crippen MR) is 131 cm³/mol. The number of aromatic nitrogens is 3. The Morgan fingerprint density at radius 1 is 0.938 bits per heavy atom. The third-order valence-electron chi connectivity index (χ3n) is 5.26. The molecule has 32 heavy (non-hydrogen) atoms. The summed E-state index contributed by atoms with van der Waals surface area (Å²) >= 11 is 1.39. The zero-order chi connectivity index (χ0) is 22.5. The Balaban J connectivity index is 1.47. The molecule has 0 bridgehead atoms. The molecule has 0 radical (unpaired) electrons. The standard InChI is InChI=1S/C26H26N4OS/c1-18-13-14-19(2)24(15-18)30-20(3)28-29-26(30)32-17-25(31)27-23-12-8-7-11-22(23)16-21-9-5-4-6-10-21/h4-15H,16-17H2,1-3H3,(H,27,31). The first kappa shape index (κ1) is 21.8. The first-order valence-corrected chi connectivity index (χ1v) is 11.5. The van der Waals surface area contributed by atoms with Crippen LogP contribution in [0.3, 0.4) is 0 Å². The predicted octanol–water partition coefficient (Wildman–Crippen LogP) is 5.51. The highest BCUT2D eigenvalue weighted by molar-refractivity contribution is 7.99. The minimum atomic E-state index is -0.0660. The van der Waals surface area contributed by atoms with Crippen LogP contribution in [-0.4, -0.2) is 26.4 Å². The number of carbonyl (C=O) groups is 1. The van der Waals surface area contributed by atoms with Crippen LogP contribution in [0.5, 0.6) is 0 Å². The average Bonchev–Trinajstić information content (AvgIpc) is 3.16. The molecular weight excluding hydrogens is 416 g/mol. The monoisotopic (exact) mass is 442 g/mol. The zero-order valence-electron chi connectivity index (χ0n) is 18.5. The highest BCUT2D eigenvalue weighted by Gasteiger charge is 2.16. The van der Waals surface area contributed by atoms with E-state index in [1.165, 1.54) is 22.9 Å². The van der Waals surface area contributed by atoms with Gasteiger partial charge in [-0.25, -0.2) is 0 Å². The van der Waals surface area contributed by atoms with Crippen LogP contribution >= 0.6 is 11.8 Å².